The maximum Gasteiger partial charge on any atom is 0.141 e. The number of hydrogen-bond acceptors (Lipinski definition) is 2. The first-order valence-electron chi connectivity index (χ1n) is 7.30. The molecule has 2 rings (SSSR count). The van der Waals surface area contributed by atoms with Crippen LogP contribution in [0.4, 0.5) is 0 Å². The largest absolute Gasteiger partial charge is 0.299 e. The fourth-order valence-corrected chi connectivity index (χ4v) is 2.82. The minimum absolute atomic E-state index is 0.00401. The Hall–Kier alpha value is -1.35. The first-order valence-corrected chi connectivity index (χ1v) is 7.68. The van der Waals surface area contributed by atoms with Crippen molar-refractivity contribution in [1.29, 1.82) is 0 Å². The van der Waals surface area contributed by atoms with Crippen molar-refractivity contribution in [3.8, 4) is 0 Å². The van der Waals surface area contributed by atoms with Gasteiger partial charge in [0.1, 0.15) is 5.78 Å². The molecule has 0 spiro atoms. The molecule has 0 aliphatic rings. The van der Waals surface area contributed by atoms with Gasteiger partial charge >= 0.3 is 0 Å². The fraction of sp³-hybridized carbons (Fsp3) is 0.529. The maximum absolute atomic E-state index is 12.1. The van der Waals surface area contributed by atoms with Crippen LogP contribution in [0.5, 0.6) is 0 Å². The number of carbonyl (C=O) groups excluding carboxylic acids is 1. The molecule has 0 aliphatic carbocycles. The predicted octanol–water partition coefficient (Wildman–Crippen LogP) is 4.29. The molecule has 0 amide bonds. The van der Waals surface area contributed by atoms with Crippen molar-refractivity contribution in [1.82, 2.24) is 9.78 Å². The second-order valence-electron chi connectivity index (χ2n) is 6.94. The van der Waals surface area contributed by atoms with Gasteiger partial charge in [0.25, 0.3) is 0 Å². The van der Waals surface area contributed by atoms with Crippen LogP contribution in [0.15, 0.2) is 12.1 Å². The minimum Gasteiger partial charge on any atom is -0.299 e. The number of carbonyl (C=O) groups is 1. The van der Waals surface area contributed by atoms with Crippen molar-refractivity contribution >= 4 is 28.3 Å². The van der Waals surface area contributed by atoms with E-state index in [1.807, 2.05) is 31.6 Å². The first-order chi connectivity index (χ1) is 9.62. The van der Waals surface area contributed by atoms with E-state index >= 15 is 0 Å². The van der Waals surface area contributed by atoms with Gasteiger partial charge in [0.2, 0.25) is 0 Å². The van der Waals surface area contributed by atoms with Crippen LogP contribution in [-0.4, -0.2) is 15.6 Å². The number of nitrogens with zero attached hydrogens (tertiary/aromatic N) is 2. The highest BCUT2D eigenvalue weighted by molar-refractivity contribution is 6.35. The summed E-state index contributed by atoms with van der Waals surface area (Å²) in [5.74, 6) is 0.193. The molecule has 0 saturated heterocycles. The summed E-state index contributed by atoms with van der Waals surface area (Å²) in [6.07, 6.45) is 0.336. The summed E-state index contributed by atoms with van der Waals surface area (Å²) in [4.78, 5) is 12.1. The molecule has 2 aromatic rings. The highest BCUT2D eigenvalue weighted by Crippen LogP contribution is 2.35. The average molecular weight is 307 g/mol. The van der Waals surface area contributed by atoms with E-state index in [4.69, 9.17) is 11.6 Å². The Morgan fingerprint density at radius 1 is 1.33 bits per heavy atom. The van der Waals surface area contributed by atoms with Crippen LogP contribution in [0.1, 0.15) is 45.9 Å². The molecule has 3 nitrogen and oxygen atoms in total. The summed E-state index contributed by atoms with van der Waals surface area (Å²) in [5, 5.41) is 6.14. The molecule has 0 N–H and O–H groups in total. The molecular formula is C17H23ClN2O. The van der Waals surface area contributed by atoms with Crippen LogP contribution in [0.3, 0.4) is 0 Å². The number of fused-ring (bicyclic) bond motifs is 1. The number of benzene rings is 1. The molecule has 0 unspecified atom stereocenters. The molecule has 0 fully saturated rings. The number of aromatic nitrogens is 2. The first kappa shape index (κ1) is 16.0. The molecule has 0 saturated carbocycles. The van der Waals surface area contributed by atoms with Crippen LogP contribution in [0.25, 0.3) is 10.9 Å². The monoisotopic (exact) mass is 306 g/mol. The lowest BCUT2D eigenvalue weighted by molar-refractivity contribution is -0.121. The third-order valence-electron chi connectivity index (χ3n) is 3.80. The molecule has 0 aliphatic heterocycles. The zero-order valence-electron chi connectivity index (χ0n) is 13.6. The maximum atomic E-state index is 12.1. The van der Waals surface area contributed by atoms with Gasteiger partial charge in [-0.05, 0) is 17.0 Å². The van der Waals surface area contributed by atoms with Crippen LogP contribution in [-0.2, 0) is 23.7 Å². The Balaban J connectivity index is 2.69. The standard InChI is InChI=1S/C17H23ClN2O/c1-10(2)14(21)9-13-15-12(18)8-7-11(17(3,4)5)16(15)20(6)19-13/h7-8,10H,9H2,1-6H3. The number of ketones is 1. The van der Waals surface area contributed by atoms with Gasteiger partial charge in [-0.2, -0.15) is 5.10 Å². The van der Waals surface area contributed by atoms with Crippen molar-refractivity contribution in [2.24, 2.45) is 13.0 Å². The topological polar surface area (TPSA) is 34.9 Å². The lowest BCUT2D eigenvalue weighted by atomic mass is 9.85. The molecule has 0 bridgehead atoms. The number of halogens is 1. The molecule has 1 aromatic heterocycles. The Bertz CT molecular complexity index is 693. The quantitative estimate of drug-likeness (QED) is 0.847. The second kappa shape index (κ2) is 5.45. The predicted molar refractivity (Wildman–Crippen MR) is 88.0 cm³/mol. The average Bonchev–Trinajstić information content (AvgIpc) is 2.66. The van der Waals surface area contributed by atoms with Gasteiger partial charge in [0.15, 0.2) is 0 Å². The van der Waals surface area contributed by atoms with Crippen molar-refractivity contribution in [2.45, 2.75) is 46.5 Å². The second-order valence-corrected chi connectivity index (χ2v) is 7.34. The molecule has 21 heavy (non-hydrogen) atoms. The van der Waals surface area contributed by atoms with Crippen LogP contribution in [0, 0.1) is 5.92 Å². The normalized spacial score (nSPS) is 12.4. The van der Waals surface area contributed by atoms with E-state index < -0.39 is 0 Å². The Kier molecular flexibility index (Phi) is 4.16. The summed E-state index contributed by atoms with van der Waals surface area (Å²) in [6.45, 7) is 10.3. The highest BCUT2D eigenvalue weighted by atomic mass is 35.5. The van der Waals surface area contributed by atoms with E-state index in [0.29, 0.717) is 11.4 Å². The number of Topliss-reactive ketones (excluding diaryl/α,β-unsaturated/α-hetero) is 1. The molecular weight excluding hydrogens is 284 g/mol. The SMILES string of the molecule is CC(C)C(=O)Cc1nn(C)c2c(C(C)(C)C)ccc(Cl)c12. The van der Waals surface area contributed by atoms with Gasteiger partial charge in [-0.1, -0.05) is 52.3 Å². The van der Waals surface area contributed by atoms with E-state index in [9.17, 15) is 4.79 Å². The summed E-state index contributed by atoms with van der Waals surface area (Å²) in [6, 6.07) is 3.97. The van der Waals surface area contributed by atoms with E-state index in [0.717, 1.165) is 16.6 Å². The lowest BCUT2D eigenvalue weighted by Gasteiger charge is -2.21. The summed E-state index contributed by atoms with van der Waals surface area (Å²) < 4.78 is 1.85. The van der Waals surface area contributed by atoms with Gasteiger partial charge in [0.05, 0.1) is 22.7 Å². The lowest BCUT2D eigenvalue weighted by Crippen LogP contribution is -2.13. The van der Waals surface area contributed by atoms with Crippen LogP contribution in [0.2, 0.25) is 5.02 Å². The molecule has 1 heterocycles. The van der Waals surface area contributed by atoms with Crippen LogP contribution >= 0.6 is 11.6 Å². The molecule has 1 aromatic carbocycles. The molecule has 0 radical (unpaired) electrons. The zero-order valence-corrected chi connectivity index (χ0v) is 14.4. The Morgan fingerprint density at radius 2 is 1.95 bits per heavy atom. The van der Waals surface area contributed by atoms with Crippen molar-refractivity contribution in [3.05, 3.63) is 28.4 Å². The number of hydrogen-bond donors (Lipinski definition) is 0. The summed E-state index contributed by atoms with van der Waals surface area (Å²) in [5.41, 5.74) is 3.00. The van der Waals surface area contributed by atoms with E-state index in [-0.39, 0.29) is 17.1 Å². The van der Waals surface area contributed by atoms with Gasteiger partial charge in [-0.15, -0.1) is 0 Å². The smallest absolute Gasteiger partial charge is 0.141 e. The molecule has 114 valence electrons. The molecule has 4 heteroatoms. The van der Waals surface area contributed by atoms with Crippen molar-refractivity contribution in [3.63, 3.8) is 0 Å². The third kappa shape index (κ3) is 2.98. The van der Waals surface area contributed by atoms with Crippen molar-refractivity contribution < 1.29 is 4.79 Å². The van der Waals surface area contributed by atoms with E-state index in [1.54, 1.807) is 0 Å². The van der Waals surface area contributed by atoms with Gasteiger partial charge < -0.3 is 0 Å². The van der Waals surface area contributed by atoms with Crippen LogP contribution < -0.4 is 0 Å². The third-order valence-corrected chi connectivity index (χ3v) is 4.12. The van der Waals surface area contributed by atoms with Gasteiger partial charge in [-0.25, -0.2) is 0 Å². The van der Waals surface area contributed by atoms with Crippen molar-refractivity contribution in [2.75, 3.05) is 0 Å². The Morgan fingerprint density at radius 3 is 2.48 bits per heavy atom. The Labute approximate surface area is 131 Å². The highest BCUT2D eigenvalue weighted by Gasteiger charge is 2.24. The fourth-order valence-electron chi connectivity index (χ4n) is 2.56. The number of rotatable bonds is 3. The minimum atomic E-state index is -0.00401. The number of aryl methyl sites for hydroxylation is 1. The van der Waals surface area contributed by atoms with Gasteiger partial charge in [0, 0.05) is 18.4 Å². The van der Waals surface area contributed by atoms with Gasteiger partial charge in [-0.3, -0.25) is 9.48 Å². The van der Waals surface area contributed by atoms with E-state index in [1.165, 1.54) is 5.56 Å². The van der Waals surface area contributed by atoms with E-state index in [2.05, 4.69) is 31.9 Å². The summed E-state index contributed by atoms with van der Waals surface area (Å²) in [7, 11) is 1.91. The molecule has 0 atom stereocenters. The summed E-state index contributed by atoms with van der Waals surface area (Å²) >= 11 is 6.40. The zero-order chi connectivity index (χ0) is 15.9.